The summed E-state index contributed by atoms with van der Waals surface area (Å²) in [5.74, 6) is 2.35. The van der Waals surface area contributed by atoms with Gasteiger partial charge in [0.2, 0.25) is 0 Å². The molecule has 4 atom stereocenters. The van der Waals surface area contributed by atoms with Gasteiger partial charge in [-0.2, -0.15) is 0 Å². The molecule has 1 aliphatic rings. The van der Waals surface area contributed by atoms with Crippen molar-refractivity contribution in [1.29, 1.82) is 0 Å². The first-order valence-corrected chi connectivity index (χ1v) is 7.43. The van der Waals surface area contributed by atoms with Crippen molar-refractivity contribution in [2.24, 2.45) is 0 Å². The summed E-state index contributed by atoms with van der Waals surface area (Å²) >= 11 is 4.62. The van der Waals surface area contributed by atoms with Crippen LogP contribution in [0.2, 0.25) is 1.41 Å². The molecule has 0 spiro atoms. The van der Waals surface area contributed by atoms with Gasteiger partial charge in [0.1, 0.15) is 0 Å². The number of hydrogen-bond acceptors (Lipinski definition) is 7. The van der Waals surface area contributed by atoms with Gasteiger partial charge < -0.3 is 0 Å². The van der Waals surface area contributed by atoms with E-state index in [1.165, 1.54) is 0 Å². The third kappa shape index (κ3) is 2.99. The summed E-state index contributed by atoms with van der Waals surface area (Å²) in [4.78, 5) is 23.3. The Balaban J connectivity index is 2.46. The first-order valence-electron chi connectivity index (χ1n) is 5.96. The maximum atomic E-state index is 11.9. The van der Waals surface area contributed by atoms with Crippen molar-refractivity contribution in [2.75, 3.05) is 6.61 Å². The molecule has 3 N–H and O–H groups in total. The zero-order chi connectivity index (χ0) is 15.6. The summed E-state index contributed by atoms with van der Waals surface area (Å²) in [7, 11) is 0. The molecule has 2 rings (SSSR count). The van der Waals surface area contributed by atoms with Crippen LogP contribution in [0.3, 0.4) is 0 Å². The minimum atomic E-state index is -1.22. The summed E-state index contributed by atoms with van der Waals surface area (Å²) in [6, 6.07) is 1.01. The molecule has 108 valence electrons. The molecule has 1 aromatic heterocycles. The fraction of sp³-hybridized carbons (Fsp3) is 0.500. The van der Waals surface area contributed by atoms with Gasteiger partial charge >= 0.3 is 119 Å². The molecule has 0 unspecified atom stereocenters. The molecule has 20 heavy (non-hydrogen) atoms. The van der Waals surface area contributed by atoms with E-state index in [4.69, 9.17) is 16.0 Å². The number of aromatic nitrogens is 2. The summed E-state index contributed by atoms with van der Waals surface area (Å²) in [5.41, 5.74) is -1.75. The maximum absolute atomic E-state index is 11.9. The fourth-order valence-corrected chi connectivity index (χ4v) is 2.19. The second-order valence-corrected chi connectivity index (χ2v) is 4.87. The van der Waals surface area contributed by atoms with E-state index in [1.807, 2.05) is 0 Å². The first kappa shape index (κ1) is 13.9. The number of H-pyrrole nitrogens is 1. The van der Waals surface area contributed by atoms with Crippen molar-refractivity contribution >= 4 is 18.6 Å². The Kier molecular flexibility index (Phi) is 4.59. The van der Waals surface area contributed by atoms with Gasteiger partial charge in [0.05, 0.1) is 0 Å². The van der Waals surface area contributed by atoms with E-state index in [1.54, 1.807) is 0 Å². The summed E-state index contributed by atoms with van der Waals surface area (Å²) in [6.07, 6.45) is -3.23. The molecule has 0 radical (unpaired) electrons. The van der Waals surface area contributed by atoms with E-state index in [2.05, 4.69) is 17.6 Å². The van der Waals surface area contributed by atoms with Gasteiger partial charge in [0.15, 0.2) is 0 Å². The summed E-state index contributed by atoms with van der Waals surface area (Å²) < 4.78 is 18.7. The average Bonchev–Trinajstić information content (AvgIpc) is 2.79. The molecular weight excluding hydrogens is 307 g/mol. The average molecular weight is 319 g/mol. The van der Waals surface area contributed by atoms with Crippen LogP contribution in [0, 0.1) is 5.81 Å². The van der Waals surface area contributed by atoms with Gasteiger partial charge in [-0.1, -0.05) is 0 Å². The van der Waals surface area contributed by atoms with Gasteiger partial charge in [0.25, 0.3) is 0 Å². The third-order valence-corrected chi connectivity index (χ3v) is 3.20. The van der Waals surface area contributed by atoms with Crippen LogP contribution in [0.25, 0.3) is 0 Å². The van der Waals surface area contributed by atoms with Crippen molar-refractivity contribution in [3.05, 3.63) is 33.1 Å². The van der Waals surface area contributed by atoms with Crippen LogP contribution in [-0.2, 0) is 21.3 Å². The van der Waals surface area contributed by atoms with Crippen molar-refractivity contribution in [1.82, 2.24) is 9.54 Å². The van der Waals surface area contributed by atoms with E-state index in [0.29, 0.717) is 0 Å². The van der Waals surface area contributed by atoms with Gasteiger partial charge in [-0.3, -0.25) is 0 Å². The number of ether oxygens (including phenoxy) is 2. The zero-order valence-corrected chi connectivity index (χ0v) is 11.7. The summed E-state index contributed by atoms with van der Waals surface area (Å²) in [6.45, 7) is -0.229. The molecule has 10 heteroatoms. The van der Waals surface area contributed by atoms with Crippen LogP contribution < -0.4 is 11.2 Å². The molecule has 1 saturated heterocycles. The predicted octanol–water partition coefficient (Wildman–Crippen LogP) is -1.50. The molecule has 0 bridgehead atoms. The quantitative estimate of drug-likeness (QED) is 0.581. The van der Waals surface area contributed by atoms with Gasteiger partial charge in [0, 0.05) is 0 Å². The SMILES string of the molecule is [2H]n1c(=O)ccn([C@@H]2O[C@H](CO)[C@@H](O)[C@H]2OC#P=S)c1=O. The molecule has 0 aliphatic carbocycles. The van der Waals surface area contributed by atoms with Crippen LogP contribution in [0.4, 0.5) is 0 Å². The third-order valence-electron chi connectivity index (χ3n) is 2.80. The molecule has 0 saturated carbocycles. The number of rotatable bonds is 3. The predicted molar refractivity (Wildman–Crippen MR) is 71.4 cm³/mol. The fourth-order valence-electron chi connectivity index (χ4n) is 1.89. The topological polar surface area (TPSA) is 114 Å². The molecule has 0 amide bonds. The Bertz CT molecular complexity index is 746. The van der Waals surface area contributed by atoms with Crippen LogP contribution >= 0.6 is 6.81 Å². The van der Waals surface area contributed by atoms with E-state index in [0.717, 1.165) is 16.8 Å². The molecule has 2 heterocycles. The van der Waals surface area contributed by atoms with Crippen LogP contribution in [-0.4, -0.2) is 44.7 Å². The van der Waals surface area contributed by atoms with Crippen molar-refractivity contribution in [3.8, 4) is 5.81 Å². The zero-order valence-electron chi connectivity index (χ0n) is 10.9. The number of hydrogen-bond donors (Lipinski definition) is 3. The van der Waals surface area contributed by atoms with Gasteiger partial charge in [-0.25, -0.2) is 0 Å². The van der Waals surface area contributed by atoms with Crippen LogP contribution in [0.5, 0.6) is 0 Å². The van der Waals surface area contributed by atoms with E-state index in [-0.39, 0.29) is 11.8 Å². The molecule has 0 aromatic carbocycles. The number of aliphatic hydroxyl groups excluding tert-OH is 2. The Hall–Kier alpha value is -1.05. The first-order chi connectivity index (χ1) is 10.0. The monoisotopic (exact) mass is 319 g/mol. The van der Waals surface area contributed by atoms with E-state index < -0.39 is 42.4 Å². The van der Waals surface area contributed by atoms with Crippen LogP contribution in [0.1, 0.15) is 6.23 Å². The standard InChI is InChI=1S/C10H11N2O6PS/c13-3-5-7(15)8(17-4-19-20)9(18-5)12-2-1-6(14)11-10(12)16/h1-2,5,7-9,13,15H,3H2,(H,11,14,16)/t5-,7-,8-,9-/m1/s1/i/hD. The van der Waals surface area contributed by atoms with Gasteiger partial charge in [-0.05, 0) is 0 Å². The minimum absolute atomic E-state index is 0.151. The second-order valence-electron chi connectivity index (χ2n) is 3.96. The molecule has 1 aliphatic heterocycles. The number of aromatic amines is 1. The van der Waals surface area contributed by atoms with Crippen LogP contribution in [0.15, 0.2) is 21.9 Å². The van der Waals surface area contributed by atoms with E-state index in [9.17, 15) is 14.7 Å². The Morgan fingerprint density at radius 2 is 2.45 bits per heavy atom. The number of aliphatic hydroxyl groups is 2. The van der Waals surface area contributed by atoms with Gasteiger partial charge in [-0.15, -0.1) is 0 Å². The second kappa shape index (κ2) is 6.60. The Morgan fingerprint density at radius 3 is 3.10 bits per heavy atom. The van der Waals surface area contributed by atoms with Crippen molar-refractivity contribution in [3.63, 3.8) is 0 Å². The molecule has 1 fully saturated rings. The molecular formula is C10H11N2O6PS. The molecule has 8 nitrogen and oxygen atoms in total. The summed E-state index contributed by atoms with van der Waals surface area (Å²) in [5, 5.41) is 19.2. The number of nitrogens with zero attached hydrogens (tertiary/aromatic N) is 1. The van der Waals surface area contributed by atoms with E-state index >= 15 is 0 Å². The Morgan fingerprint density at radius 1 is 1.70 bits per heavy atom. The normalized spacial score (nSPS) is 29.8. The number of nitrogens with one attached hydrogen (secondary N) is 1. The van der Waals surface area contributed by atoms with Crippen molar-refractivity contribution in [2.45, 2.75) is 24.5 Å². The molecule has 1 aromatic rings. The van der Waals surface area contributed by atoms with Crippen molar-refractivity contribution < 1.29 is 21.1 Å². The Labute approximate surface area is 120 Å².